The second-order valence-corrected chi connectivity index (χ2v) is 6.79. The van der Waals surface area contributed by atoms with E-state index in [0.717, 1.165) is 19.5 Å². The maximum absolute atomic E-state index is 12.3. The third-order valence-electron chi connectivity index (χ3n) is 5.04. The molecule has 4 heteroatoms. The molecule has 0 aliphatic carbocycles. The van der Waals surface area contributed by atoms with E-state index >= 15 is 0 Å². The zero-order chi connectivity index (χ0) is 14.0. The van der Waals surface area contributed by atoms with Crippen molar-refractivity contribution in [2.75, 3.05) is 26.7 Å². The van der Waals surface area contributed by atoms with E-state index in [-0.39, 0.29) is 17.6 Å². The van der Waals surface area contributed by atoms with Crippen LogP contribution in [0.15, 0.2) is 0 Å². The summed E-state index contributed by atoms with van der Waals surface area (Å²) in [5.41, 5.74) is -0.385. The van der Waals surface area contributed by atoms with E-state index < -0.39 is 0 Å². The van der Waals surface area contributed by atoms with Gasteiger partial charge in [0.05, 0.1) is 11.6 Å². The van der Waals surface area contributed by atoms with E-state index in [4.69, 9.17) is 0 Å². The fraction of sp³-hybridized carbons (Fsp3) is 0.933. The van der Waals surface area contributed by atoms with Gasteiger partial charge in [0.25, 0.3) is 0 Å². The van der Waals surface area contributed by atoms with E-state index in [1.54, 1.807) is 0 Å². The number of carbonyl (C=O) groups excluding carboxylic acids is 1. The summed E-state index contributed by atoms with van der Waals surface area (Å²) < 4.78 is 0. The molecular weight excluding hydrogens is 240 g/mol. The summed E-state index contributed by atoms with van der Waals surface area (Å²) in [4.78, 5) is 16.6. The number of likely N-dealkylation sites (tertiary alicyclic amines) is 2. The Hall–Kier alpha value is -0.610. The quantitative estimate of drug-likeness (QED) is 0.843. The Morgan fingerprint density at radius 2 is 1.84 bits per heavy atom. The second kappa shape index (κ2) is 5.80. The van der Waals surface area contributed by atoms with E-state index in [9.17, 15) is 9.90 Å². The predicted octanol–water partition coefficient (Wildman–Crippen LogP) is 1.48. The van der Waals surface area contributed by atoms with Gasteiger partial charge in [-0.3, -0.25) is 4.79 Å². The standard InChI is InChI=1S/C15H28N2O2/c1-15(2)13(18)8-11-17(15)14(19)5-4-12-6-9-16(3)10-7-12/h12-13,18H,4-11H2,1-3H3. The molecule has 0 saturated carbocycles. The lowest BCUT2D eigenvalue weighted by molar-refractivity contribution is -0.136. The Balaban J connectivity index is 1.79. The lowest BCUT2D eigenvalue weighted by Gasteiger charge is -2.34. The number of hydrogen-bond acceptors (Lipinski definition) is 3. The van der Waals surface area contributed by atoms with Crippen LogP contribution in [0.5, 0.6) is 0 Å². The van der Waals surface area contributed by atoms with Crippen LogP contribution in [0.2, 0.25) is 0 Å². The molecule has 0 spiro atoms. The first-order valence-electron chi connectivity index (χ1n) is 7.58. The van der Waals surface area contributed by atoms with Crippen molar-refractivity contribution < 1.29 is 9.90 Å². The van der Waals surface area contributed by atoms with Crippen LogP contribution in [0.4, 0.5) is 0 Å². The average molecular weight is 268 g/mol. The number of carbonyl (C=O) groups is 1. The Morgan fingerprint density at radius 1 is 1.21 bits per heavy atom. The smallest absolute Gasteiger partial charge is 0.223 e. The third-order valence-corrected chi connectivity index (χ3v) is 5.04. The minimum atomic E-state index is -0.385. The number of aliphatic hydroxyl groups excluding tert-OH is 1. The van der Waals surface area contributed by atoms with Crippen LogP contribution in [0, 0.1) is 5.92 Å². The highest BCUT2D eigenvalue weighted by atomic mass is 16.3. The van der Waals surface area contributed by atoms with Crippen LogP contribution < -0.4 is 0 Å². The highest BCUT2D eigenvalue weighted by Gasteiger charge is 2.42. The number of hydrogen-bond donors (Lipinski definition) is 1. The van der Waals surface area contributed by atoms with Gasteiger partial charge >= 0.3 is 0 Å². The van der Waals surface area contributed by atoms with Gasteiger partial charge in [0.1, 0.15) is 0 Å². The number of aliphatic hydroxyl groups is 1. The van der Waals surface area contributed by atoms with Gasteiger partial charge < -0.3 is 14.9 Å². The summed E-state index contributed by atoms with van der Waals surface area (Å²) >= 11 is 0. The molecule has 110 valence electrons. The Morgan fingerprint density at radius 3 is 2.37 bits per heavy atom. The van der Waals surface area contributed by atoms with Crippen LogP contribution in [0.25, 0.3) is 0 Å². The van der Waals surface area contributed by atoms with Gasteiger partial charge in [-0.25, -0.2) is 0 Å². The van der Waals surface area contributed by atoms with Gasteiger partial charge in [0.15, 0.2) is 0 Å². The van der Waals surface area contributed by atoms with Gasteiger partial charge in [-0.2, -0.15) is 0 Å². The largest absolute Gasteiger partial charge is 0.391 e. The molecule has 1 amide bonds. The molecule has 2 saturated heterocycles. The zero-order valence-corrected chi connectivity index (χ0v) is 12.6. The number of amides is 1. The lowest BCUT2D eigenvalue weighted by atomic mass is 9.91. The Labute approximate surface area is 116 Å². The third kappa shape index (κ3) is 3.29. The molecule has 2 heterocycles. The molecule has 0 aromatic heterocycles. The maximum Gasteiger partial charge on any atom is 0.223 e. The van der Waals surface area contributed by atoms with E-state index in [1.165, 1.54) is 12.8 Å². The predicted molar refractivity (Wildman–Crippen MR) is 75.9 cm³/mol. The van der Waals surface area contributed by atoms with Gasteiger partial charge in [-0.15, -0.1) is 0 Å². The topological polar surface area (TPSA) is 43.8 Å². The maximum atomic E-state index is 12.3. The van der Waals surface area contributed by atoms with Crippen LogP contribution in [0.1, 0.15) is 46.0 Å². The lowest BCUT2D eigenvalue weighted by Crippen LogP contribution is -2.48. The van der Waals surface area contributed by atoms with Crippen molar-refractivity contribution in [3.8, 4) is 0 Å². The summed E-state index contributed by atoms with van der Waals surface area (Å²) in [6.45, 7) is 6.97. The minimum absolute atomic E-state index is 0.223. The summed E-state index contributed by atoms with van der Waals surface area (Å²) in [5, 5.41) is 9.92. The van der Waals surface area contributed by atoms with Gasteiger partial charge in [-0.1, -0.05) is 0 Å². The van der Waals surface area contributed by atoms with Gasteiger partial charge in [-0.05, 0) is 65.6 Å². The molecule has 19 heavy (non-hydrogen) atoms. The fourth-order valence-electron chi connectivity index (χ4n) is 3.33. The van der Waals surface area contributed by atoms with Crippen molar-refractivity contribution in [1.29, 1.82) is 0 Å². The Bertz CT molecular complexity index is 322. The average Bonchev–Trinajstić information content (AvgIpc) is 2.63. The van der Waals surface area contributed by atoms with Crippen molar-refractivity contribution in [1.82, 2.24) is 9.80 Å². The van der Waals surface area contributed by atoms with Crippen molar-refractivity contribution in [3.63, 3.8) is 0 Å². The number of nitrogens with zero attached hydrogens (tertiary/aromatic N) is 2. The van der Waals surface area contributed by atoms with Crippen LogP contribution >= 0.6 is 0 Å². The second-order valence-electron chi connectivity index (χ2n) is 6.79. The van der Waals surface area contributed by atoms with Crippen molar-refractivity contribution in [2.24, 2.45) is 5.92 Å². The van der Waals surface area contributed by atoms with E-state index in [0.29, 0.717) is 25.3 Å². The van der Waals surface area contributed by atoms with Crippen molar-refractivity contribution in [3.05, 3.63) is 0 Å². The first kappa shape index (κ1) is 14.8. The molecule has 0 aromatic carbocycles. The molecule has 1 N–H and O–H groups in total. The molecule has 0 aromatic rings. The summed E-state index contributed by atoms with van der Waals surface area (Å²) in [5.74, 6) is 0.927. The molecule has 1 unspecified atom stereocenters. The fourth-order valence-corrected chi connectivity index (χ4v) is 3.33. The number of piperidine rings is 1. The number of rotatable bonds is 3. The molecule has 2 rings (SSSR count). The Kier molecular flexibility index (Phi) is 4.51. The van der Waals surface area contributed by atoms with Gasteiger partial charge in [0, 0.05) is 13.0 Å². The summed E-state index contributed by atoms with van der Waals surface area (Å²) in [6, 6.07) is 0. The van der Waals surface area contributed by atoms with Crippen LogP contribution in [-0.4, -0.2) is 59.1 Å². The van der Waals surface area contributed by atoms with E-state index in [1.807, 2.05) is 18.7 Å². The van der Waals surface area contributed by atoms with E-state index in [2.05, 4.69) is 11.9 Å². The van der Waals surface area contributed by atoms with Gasteiger partial charge in [0.2, 0.25) is 5.91 Å². The highest BCUT2D eigenvalue weighted by molar-refractivity contribution is 5.77. The molecule has 2 aliphatic rings. The minimum Gasteiger partial charge on any atom is -0.391 e. The highest BCUT2D eigenvalue weighted by Crippen LogP contribution is 2.30. The first-order valence-corrected chi connectivity index (χ1v) is 7.58. The monoisotopic (exact) mass is 268 g/mol. The molecule has 1 atom stereocenters. The summed E-state index contributed by atoms with van der Waals surface area (Å²) in [7, 11) is 2.16. The molecule has 0 bridgehead atoms. The van der Waals surface area contributed by atoms with Crippen molar-refractivity contribution >= 4 is 5.91 Å². The molecular formula is C15H28N2O2. The molecule has 0 radical (unpaired) electrons. The molecule has 2 aliphatic heterocycles. The summed E-state index contributed by atoms with van der Waals surface area (Å²) in [6.07, 6.45) is 4.43. The molecule has 4 nitrogen and oxygen atoms in total. The van der Waals surface area contributed by atoms with Crippen LogP contribution in [-0.2, 0) is 4.79 Å². The van der Waals surface area contributed by atoms with Crippen molar-refractivity contribution in [2.45, 2.75) is 57.6 Å². The van der Waals surface area contributed by atoms with Crippen LogP contribution in [0.3, 0.4) is 0 Å². The normalized spacial score (nSPS) is 28.8. The molecule has 2 fully saturated rings. The zero-order valence-electron chi connectivity index (χ0n) is 12.6. The first-order chi connectivity index (χ1) is 8.91. The SMILES string of the molecule is CN1CCC(CCC(=O)N2CCC(O)C2(C)C)CC1.